The van der Waals surface area contributed by atoms with E-state index < -0.39 is 10.0 Å². The van der Waals surface area contributed by atoms with Crippen LogP contribution in [0.5, 0.6) is 0 Å². The van der Waals surface area contributed by atoms with Crippen molar-refractivity contribution in [2.24, 2.45) is 12.0 Å². The molecule has 26 heavy (non-hydrogen) atoms. The maximum atomic E-state index is 12.2. The lowest BCUT2D eigenvalue weighted by Crippen LogP contribution is -2.47. The fourth-order valence-electron chi connectivity index (χ4n) is 3.35. The van der Waals surface area contributed by atoms with Crippen LogP contribution in [0.15, 0.2) is 28.3 Å². The minimum Gasteiger partial charge on any atom is -0.373 e. The van der Waals surface area contributed by atoms with Crippen LogP contribution in [0.2, 0.25) is 0 Å². The van der Waals surface area contributed by atoms with Crippen molar-refractivity contribution in [3.63, 3.8) is 0 Å². The van der Waals surface area contributed by atoms with Crippen molar-refractivity contribution in [2.45, 2.75) is 49.3 Å². The molecule has 1 aromatic rings. The van der Waals surface area contributed by atoms with Crippen molar-refractivity contribution < 1.29 is 13.2 Å². The Morgan fingerprint density at radius 2 is 2.23 bits per heavy atom. The number of guanidine groups is 1. The van der Waals surface area contributed by atoms with Gasteiger partial charge < -0.3 is 19.9 Å². The predicted molar refractivity (Wildman–Crippen MR) is 111 cm³/mol. The molecule has 3 atom stereocenters. The number of nitrogens with one attached hydrogen (secondary N) is 3. The van der Waals surface area contributed by atoms with Gasteiger partial charge in [0, 0.05) is 32.5 Å². The number of rotatable bonds is 7. The molecule has 3 unspecified atom stereocenters. The van der Waals surface area contributed by atoms with Crippen molar-refractivity contribution in [1.29, 1.82) is 0 Å². The third-order valence-corrected chi connectivity index (χ3v) is 6.01. The van der Waals surface area contributed by atoms with E-state index in [-0.39, 0.29) is 47.6 Å². The van der Waals surface area contributed by atoms with Gasteiger partial charge in [-0.1, -0.05) is 0 Å². The van der Waals surface area contributed by atoms with Crippen LogP contribution in [0, 0.1) is 0 Å². The standard InChI is InChI=1S/C16H27N5O3S.HI/c1-3-17-16(20-14-10-12-4-5-15(14)24-12)18-7-8-19-25(22,23)13-6-9-21(2)11-13;/h6,9,11-12,14-15,19H,3-5,7-8,10H2,1-2H3,(H2,17,18,20);1H. The SMILES string of the molecule is CCNC(=NCCNS(=O)(=O)c1ccn(C)c1)NC1CC2CCC1O2.I. The smallest absolute Gasteiger partial charge is 0.242 e. The molecule has 0 saturated carbocycles. The van der Waals surface area contributed by atoms with Gasteiger partial charge in [0.1, 0.15) is 0 Å². The Hall–Kier alpha value is -0.850. The zero-order chi connectivity index (χ0) is 17.9. The molecule has 2 bridgehead atoms. The van der Waals surface area contributed by atoms with Crippen LogP contribution < -0.4 is 15.4 Å². The molecule has 0 spiro atoms. The van der Waals surface area contributed by atoms with E-state index in [1.54, 1.807) is 30.1 Å². The average Bonchev–Trinajstić information content (AvgIpc) is 3.28. The van der Waals surface area contributed by atoms with Gasteiger partial charge in [-0.25, -0.2) is 13.1 Å². The molecule has 0 amide bonds. The van der Waals surface area contributed by atoms with Crippen molar-refractivity contribution in [3.05, 3.63) is 18.5 Å². The van der Waals surface area contributed by atoms with E-state index in [1.165, 1.54) is 0 Å². The average molecular weight is 497 g/mol. The highest BCUT2D eigenvalue weighted by Gasteiger charge is 2.41. The number of fused-ring (bicyclic) bond motifs is 2. The number of hydrogen-bond acceptors (Lipinski definition) is 4. The van der Waals surface area contributed by atoms with Crippen LogP contribution in [-0.2, 0) is 21.8 Å². The first kappa shape index (κ1) is 21.5. The van der Waals surface area contributed by atoms with Gasteiger partial charge in [-0.15, -0.1) is 24.0 Å². The normalized spacial score (nSPS) is 25.2. The van der Waals surface area contributed by atoms with Crippen LogP contribution >= 0.6 is 24.0 Å². The first-order valence-corrected chi connectivity index (χ1v) is 10.3. The molecule has 10 heteroatoms. The molecule has 2 saturated heterocycles. The molecular weight excluding hydrogens is 469 g/mol. The second kappa shape index (κ2) is 9.38. The second-order valence-electron chi connectivity index (χ2n) is 6.53. The number of aryl methyl sites for hydroxylation is 1. The lowest BCUT2D eigenvalue weighted by Gasteiger charge is -2.22. The predicted octanol–water partition coefficient (Wildman–Crippen LogP) is 0.796. The third-order valence-electron chi connectivity index (χ3n) is 4.56. The summed E-state index contributed by atoms with van der Waals surface area (Å²) in [6.07, 6.45) is 7.18. The molecule has 3 heterocycles. The molecule has 0 aromatic carbocycles. The summed E-state index contributed by atoms with van der Waals surface area (Å²) < 4.78 is 34.5. The fourth-order valence-corrected chi connectivity index (χ4v) is 4.42. The molecule has 2 aliphatic rings. The molecule has 8 nitrogen and oxygen atoms in total. The Labute approximate surface area is 172 Å². The Bertz CT molecular complexity index is 721. The number of nitrogens with zero attached hydrogens (tertiary/aromatic N) is 2. The maximum Gasteiger partial charge on any atom is 0.242 e. The van der Waals surface area contributed by atoms with Gasteiger partial charge in [0.15, 0.2) is 5.96 Å². The zero-order valence-electron chi connectivity index (χ0n) is 15.1. The molecule has 0 radical (unpaired) electrons. The van der Waals surface area contributed by atoms with E-state index in [2.05, 4.69) is 20.3 Å². The van der Waals surface area contributed by atoms with Gasteiger partial charge in [-0.3, -0.25) is 4.99 Å². The molecular formula is C16H28IN5O3S. The summed E-state index contributed by atoms with van der Waals surface area (Å²) in [4.78, 5) is 4.74. The lowest BCUT2D eigenvalue weighted by atomic mass is 9.96. The van der Waals surface area contributed by atoms with E-state index in [0.29, 0.717) is 18.6 Å². The van der Waals surface area contributed by atoms with Gasteiger partial charge in [0.25, 0.3) is 0 Å². The summed E-state index contributed by atoms with van der Waals surface area (Å²) >= 11 is 0. The largest absolute Gasteiger partial charge is 0.373 e. The zero-order valence-corrected chi connectivity index (χ0v) is 18.3. The van der Waals surface area contributed by atoms with Crippen molar-refractivity contribution in [3.8, 4) is 0 Å². The number of ether oxygens (including phenoxy) is 1. The minimum absolute atomic E-state index is 0. The van der Waals surface area contributed by atoms with Gasteiger partial charge in [-0.2, -0.15) is 0 Å². The highest BCUT2D eigenvalue weighted by molar-refractivity contribution is 14.0. The molecule has 3 rings (SSSR count). The van der Waals surface area contributed by atoms with Crippen LogP contribution in [0.4, 0.5) is 0 Å². The van der Waals surface area contributed by atoms with Crippen molar-refractivity contribution in [1.82, 2.24) is 19.9 Å². The molecule has 1 aromatic heterocycles. The highest BCUT2D eigenvalue weighted by Crippen LogP contribution is 2.34. The van der Waals surface area contributed by atoms with E-state index >= 15 is 0 Å². The van der Waals surface area contributed by atoms with Gasteiger partial charge in [-0.05, 0) is 32.3 Å². The Balaban J connectivity index is 0.00000243. The number of sulfonamides is 1. The Morgan fingerprint density at radius 1 is 1.42 bits per heavy atom. The monoisotopic (exact) mass is 497 g/mol. The van der Waals surface area contributed by atoms with Crippen molar-refractivity contribution >= 4 is 40.0 Å². The summed E-state index contributed by atoms with van der Waals surface area (Å²) in [5.41, 5.74) is 0. The van der Waals surface area contributed by atoms with Gasteiger partial charge >= 0.3 is 0 Å². The number of hydrogen-bond donors (Lipinski definition) is 3. The summed E-state index contributed by atoms with van der Waals surface area (Å²) in [7, 11) is -1.69. The number of halogens is 1. The molecule has 2 aliphatic heterocycles. The van der Waals surface area contributed by atoms with E-state index in [1.807, 2.05) is 6.92 Å². The lowest BCUT2D eigenvalue weighted by molar-refractivity contribution is 0.0992. The summed E-state index contributed by atoms with van der Waals surface area (Å²) in [6, 6.07) is 1.87. The van der Waals surface area contributed by atoms with E-state index in [9.17, 15) is 8.42 Å². The highest BCUT2D eigenvalue weighted by atomic mass is 127. The molecule has 2 fully saturated rings. The Morgan fingerprint density at radius 3 is 2.81 bits per heavy atom. The van der Waals surface area contributed by atoms with Crippen LogP contribution in [0.25, 0.3) is 0 Å². The minimum atomic E-state index is -3.48. The third kappa shape index (κ3) is 5.33. The first-order chi connectivity index (χ1) is 12.0. The first-order valence-electron chi connectivity index (χ1n) is 8.80. The quantitative estimate of drug-likeness (QED) is 0.224. The molecule has 0 aliphatic carbocycles. The fraction of sp³-hybridized carbons (Fsp3) is 0.688. The van der Waals surface area contributed by atoms with E-state index in [0.717, 1.165) is 25.8 Å². The topological polar surface area (TPSA) is 96.8 Å². The summed E-state index contributed by atoms with van der Waals surface area (Å²) in [6.45, 7) is 3.37. The number of aromatic nitrogens is 1. The number of aliphatic imine (C=N–C) groups is 1. The van der Waals surface area contributed by atoms with Crippen LogP contribution in [0.3, 0.4) is 0 Å². The van der Waals surface area contributed by atoms with Gasteiger partial charge in [0.2, 0.25) is 10.0 Å². The van der Waals surface area contributed by atoms with Crippen LogP contribution in [-0.4, -0.2) is 56.8 Å². The maximum absolute atomic E-state index is 12.2. The van der Waals surface area contributed by atoms with Crippen LogP contribution in [0.1, 0.15) is 26.2 Å². The second-order valence-corrected chi connectivity index (χ2v) is 8.30. The molecule has 3 N–H and O–H groups in total. The van der Waals surface area contributed by atoms with Crippen molar-refractivity contribution in [2.75, 3.05) is 19.6 Å². The summed E-state index contributed by atoms with van der Waals surface area (Å²) in [5, 5.41) is 6.62. The van der Waals surface area contributed by atoms with E-state index in [4.69, 9.17) is 4.74 Å². The summed E-state index contributed by atoms with van der Waals surface area (Å²) in [5.74, 6) is 0.711. The van der Waals surface area contributed by atoms with Gasteiger partial charge in [0.05, 0.1) is 29.7 Å². The Kier molecular flexibility index (Phi) is 7.74. The molecule has 148 valence electrons.